The quantitative estimate of drug-likeness (QED) is 0.602. The summed E-state index contributed by atoms with van der Waals surface area (Å²) < 4.78 is 43.5. The molecule has 0 bridgehead atoms. The maximum absolute atomic E-state index is 12.8. The van der Waals surface area contributed by atoms with E-state index in [0.29, 0.717) is 13.0 Å². The highest BCUT2D eigenvalue weighted by Crippen LogP contribution is 2.30. The molecule has 0 radical (unpaired) electrons. The molecule has 8 heteroatoms. The molecule has 0 saturated heterocycles. The van der Waals surface area contributed by atoms with Crippen molar-refractivity contribution >= 4 is 17.2 Å². The van der Waals surface area contributed by atoms with Crippen LogP contribution in [0.4, 0.5) is 13.2 Å². The van der Waals surface area contributed by atoms with Gasteiger partial charge < -0.3 is 10.1 Å². The molecule has 4 nitrogen and oxygen atoms in total. The molecule has 0 atom stereocenters. The molecule has 3 aromatic rings. The lowest BCUT2D eigenvalue weighted by atomic mass is 10.1. The molecule has 0 unspecified atom stereocenters. The predicted octanol–water partition coefficient (Wildman–Crippen LogP) is 5.12. The smallest absolute Gasteiger partial charge is 0.416 e. The van der Waals surface area contributed by atoms with E-state index in [2.05, 4.69) is 10.3 Å². The number of thiazole rings is 1. The number of carbonyl (C=O) groups excluding carboxylic acids is 1. The van der Waals surface area contributed by atoms with E-state index in [9.17, 15) is 18.0 Å². The Bertz CT molecular complexity index is 998. The van der Waals surface area contributed by atoms with Crippen LogP contribution in [0.2, 0.25) is 0 Å². The van der Waals surface area contributed by atoms with Gasteiger partial charge in [-0.1, -0.05) is 6.07 Å². The van der Waals surface area contributed by atoms with Gasteiger partial charge in [0.25, 0.3) is 5.91 Å². The second kappa shape index (κ2) is 8.65. The molecule has 0 saturated carbocycles. The molecular weight excluding hydrogens is 401 g/mol. The van der Waals surface area contributed by atoms with Crippen molar-refractivity contribution in [2.24, 2.45) is 0 Å². The zero-order valence-corrected chi connectivity index (χ0v) is 16.7. The first-order valence-electron chi connectivity index (χ1n) is 8.84. The summed E-state index contributed by atoms with van der Waals surface area (Å²) in [6, 6.07) is 12.0. The number of ether oxygens (including phenoxy) is 1. The molecule has 2 aromatic carbocycles. The lowest BCUT2D eigenvalue weighted by Gasteiger charge is -2.09. The first kappa shape index (κ1) is 20.9. The number of nitrogens with zero attached hydrogens (tertiary/aromatic N) is 1. The summed E-state index contributed by atoms with van der Waals surface area (Å²) >= 11 is 1.53. The molecule has 1 heterocycles. The van der Waals surface area contributed by atoms with Gasteiger partial charge in [0.05, 0.1) is 18.4 Å². The van der Waals surface area contributed by atoms with Crippen LogP contribution in [-0.4, -0.2) is 24.5 Å². The number of rotatable bonds is 6. The Morgan fingerprint density at radius 2 is 1.90 bits per heavy atom. The van der Waals surface area contributed by atoms with Gasteiger partial charge in [0.1, 0.15) is 10.8 Å². The van der Waals surface area contributed by atoms with Gasteiger partial charge in [-0.2, -0.15) is 13.2 Å². The zero-order chi connectivity index (χ0) is 21.0. The number of amides is 1. The monoisotopic (exact) mass is 420 g/mol. The first-order chi connectivity index (χ1) is 13.8. The summed E-state index contributed by atoms with van der Waals surface area (Å²) in [4.78, 5) is 17.8. The van der Waals surface area contributed by atoms with Gasteiger partial charge in [-0.15, -0.1) is 11.3 Å². The Morgan fingerprint density at radius 3 is 2.55 bits per heavy atom. The summed E-state index contributed by atoms with van der Waals surface area (Å²) in [5.74, 6) is 0.230. The minimum absolute atomic E-state index is 0.0141. The summed E-state index contributed by atoms with van der Waals surface area (Å²) in [6.07, 6.45) is -3.93. The molecule has 0 aliphatic heterocycles. The van der Waals surface area contributed by atoms with E-state index >= 15 is 0 Å². The minimum Gasteiger partial charge on any atom is -0.497 e. The Labute approximate surface area is 170 Å². The summed E-state index contributed by atoms with van der Waals surface area (Å²) in [5, 5.41) is 3.54. The van der Waals surface area contributed by atoms with Crippen molar-refractivity contribution in [2.75, 3.05) is 13.7 Å². The van der Waals surface area contributed by atoms with Crippen molar-refractivity contribution in [1.82, 2.24) is 10.3 Å². The van der Waals surface area contributed by atoms with Crippen LogP contribution in [0.3, 0.4) is 0 Å². The Balaban J connectivity index is 1.62. The van der Waals surface area contributed by atoms with Gasteiger partial charge in [0.2, 0.25) is 0 Å². The minimum atomic E-state index is -4.48. The van der Waals surface area contributed by atoms with Gasteiger partial charge in [0, 0.05) is 29.0 Å². The second-order valence-electron chi connectivity index (χ2n) is 6.34. The van der Waals surface area contributed by atoms with Crippen LogP contribution in [0, 0.1) is 6.92 Å². The van der Waals surface area contributed by atoms with E-state index in [0.717, 1.165) is 39.0 Å². The van der Waals surface area contributed by atoms with E-state index in [1.54, 1.807) is 7.11 Å². The Morgan fingerprint density at radius 1 is 1.17 bits per heavy atom. The van der Waals surface area contributed by atoms with Crippen LogP contribution >= 0.6 is 11.3 Å². The Kier molecular flexibility index (Phi) is 6.22. The Hall–Kier alpha value is -2.87. The number of nitrogens with one attached hydrogen (secondary N) is 1. The number of benzene rings is 2. The third-order valence-electron chi connectivity index (χ3n) is 4.32. The molecule has 0 spiro atoms. The van der Waals surface area contributed by atoms with Gasteiger partial charge in [-0.25, -0.2) is 4.98 Å². The van der Waals surface area contributed by atoms with Crippen LogP contribution in [0.5, 0.6) is 5.75 Å². The number of hydrogen-bond acceptors (Lipinski definition) is 4. The van der Waals surface area contributed by atoms with Gasteiger partial charge in [-0.05, 0) is 49.4 Å². The maximum atomic E-state index is 12.8. The van der Waals surface area contributed by atoms with E-state index in [1.807, 2.05) is 31.2 Å². The van der Waals surface area contributed by atoms with E-state index in [1.165, 1.54) is 23.5 Å². The number of halogens is 3. The second-order valence-corrected chi connectivity index (χ2v) is 7.42. The fraction of sp³-hybridized carbons (Fsp3) is 0.238. The number of methoxy groups -OCH3 is 1. The van der Waals surface area contributed by atoms with Crippen LogP contribution < -0.4 is 10.1 Å². The number of aryl methyl sites for hydroxylation is 1. The number of hydrogen-bond donors (Lipinski definition) is 1. The molecular formula is C21H19F3N2O2S. The number of aromatic nitrogens is 1. The molecule has 1 amide bonds. The van der Waals surface area contributed by atoms with Crippen molar-refractivity contribution < 1.29 is 22.7 Å². The summed E-state index contributed by atoms with van der Waals surface area (Å²) in [5.41, 5.74) is 0.986. The number of carbonyl (C=O) groups is 1. The van der Waals surface area contributed by atoms with Gasteiger partial charge in [0.15, 0.2) is 0 Å². The average Bonchev–Trinajstić information content (AvgIpc) is 3.08. The molecule has 152 valence electrons. The van der Waals surface area contributed by atoms with Crippen molar-refractivity contribution in [3.05, 3.63) is 70.2 Å². The standard InChI is InChI=1S/C21H19F3N2O2S/c1-13-18(29-20(26-13)14-6-8-17(28-2)9-7-14)10-11-25-19(27)15-4-3-5-16(12-15)21(22,23)24/h3-9,12H,10-11H2,1-2H3,(H,25,27). The molecule has 29 heavy (non-hydrogen) atoms. The normalized spacial score (nSPS) is 11.3. The van der Waals surface area contributed by atoms with E-state index in [-0.39, 0.29) is 5.56 Å². The van der Waals surface area contributed by atoms with Crippen LogP contribution in [0.1, 0.15) is 26.5 Å². The van der Waals surface area contributed by atoms with Crippen molar-refractivity contribution in [2.45, 2.75) is 19.5 Å². The summed E-state index contributed by atoms with van der Waals surface area (Å²) in [7, 11) is 1.61. The predicted molar refractivity (Wildman–Crippen MR) is 106 cm³/mol. The highest BCUT2D eigenvalue weighted by molar-refractivity contribution is 7.15. The fourth-order valence-electron chi connectivity index (χ4n) is 2.75. The average molecular weight is 420 g/mol. The van der Waals surface area contributed by atoms with Crippen LogP contribution in [-0.2, 0) is 12.6 Å². The zero-order valence-electron chi connectivity index (χ0n) is 15.8. The van der Waals surface area contributed by atoms with Crippen molar-refractivity contribution in [1.29, 1.82) is 0 Å². The van der Waals surface area contributed by atoms with Gasteiger partial charge in [-0.3, -0.25) is 4.79 Å². The van der Waals surface area contributed by atoms with Gasteiger partial charge >= 0.3 is 6.18 Å². The largest absolute Gasteiger partial charge is 0.497 e. The highest BCUT2D eigenvalue weighted by Gasteiger charge is 2.30. The van der Waals surface area contributed by atoms with E-state index in [4.69, 9.17) is 4.74 Å². The third kappa shape index (κ3) is 5.14. The topological polar surface area (TPSA) is 51.2 Å². The van der Waals surface area contributed by atoms with Crippen LogP contribution in [0.25, 0.3) is 10.6 Å². The third-order valence-corrected chi connectivity index (χ3v) is 5.59. The molecule has 0 fully saturated rings. The van der Waals surface area contributed by atoms with Crippen molar-refractivity contribution in [3.63, 3.8) is 0 Å². The van der Waals surface area contributed by atoms with Crippen molar-refractivity contribution in [3.8, 4) is 16.3 Å². The molecule has 1 aromatic heterocycles. The molecule has 0 aliphatic carbocycles. The first-order valence-corrected chi connectivity index (χ1v) is 9.66. The maximum Gasteiger partial charge on any atom is 0.416 e. The molecule has 1 N–H and O–H groups in total. The number of alkyl halides is 3. The lowest BCUT2D eigenvalue weighted by Crippen LogP contribution is -2.26. The highest BCUT2D eigenvalue weighted by atomic mass is 32.1. The SMILES string of the molecule is COc1ccc(-c2nc(C)c(CCNC(=O)c3cccc(C(F)(F)F)c3)s2)cc1. The van der Waals surface area contributed by atoms with Crippen LogP contribution in [0.15, 0.2) is 48.5 Å². The molecule has 0 aliphatic rings. The lowest BCUT2D eigenvalue weighted by molar-refractivity contribution is -0.137. The summed E-state index contributed by atoms with van der Waals surface area (Å²) in [6.45, 7) is 2.20. The van der Waals surface area contributed by atoms with E-state index < -0.39 is 17.6 Å². The molecule has 3 rings (SSSR count). The fourth-order valence-corrected chi connectivity index (χ4v) is 3.81.